The Kier molecular flexibility index (Phi) is 4.58. The zero-order valence-corrected chi connectivity index (χ0v) is 12.8. The zero-order valence-electron chi connectivity index (χ0n) is 12.0. The molecule has 1 aromatic rings. The second-order valence-corrected chi connectivity index (χ2v) is 7.24. The highest BCUT2D eigenvalue weighted by Gasteiger charge is 2.27. The minimum Gasteiger partial charge on any atom is -0.352 e. The van der Waals surface area contributed by atoms with Gasteiger partial charge in [0.2, 0.25) is 5.91 Å². The number of piperidine rings is 1. The molecule has 2 heterocycles. The summed E-state index contributed by atoms with van der Waals surface area (Å²) >= 11 is 1.70. The van der Waals surface area contributed by atoms with Gasteiger partial charge in [0.25, 0.3) is 0 Å². The molecule has 0 bridgehead atoms. The van der Waals surface area contributed by atoms with Crippen LogP contribution in [0.2, 0.25) is 0 Å². The monoisotopic (exact) mass is 281 g/mol. The third-order valence-corrected chi connectivity index (χ3v) is 4.15. The fourth-order valence-electron chi connectivity index (χ4n) is 2.26. The predicted octanol–water partition coefficient (Wildman–Crippen LogP) is 2.27. The van der Waals surface area contributed by atoms with Gasteiger partial charge in [0.05, 0.1) is 5.51 Å². The number of thiazole rings is 1. The molecule has 1 fully saturated rings. The first-order valence-corrected chi connectivity index (χ1v) is 7.74. The second-order valence-electron chi connectivity index (χ2n) is 6.27. The van der Waals surface area contributed by atoms with Gasteiger partial charge in [-0.3, -0.25) is 14.7 Å². The minimum atomic E-state index is -0.306. The van der Waals surface area contributed by atoms with Gasteiger partial charge in [-0.2, -0.15) is 0 Å². The van der Waals surface area contributed by atoms with Gasteiger partial charge in [-0.15, -0.1) is 11.3 Å². The summed E-state index contributed by atoms with van der Waals surface area (Å²) in [5.41, 5.74) is 1.57. The minimum absolute atomic E-state index is 0.150. The van der Waals surface area contributed by atoms with Crippen LogP contribution in [0.5, 0.6) is 0 Å². The molecule has 0 aromatic carbocycles. The zero-order chi connectivity index (χ0) is 13.9. The Labute approximate surface area is 119 Å². The molecule has 106 valence electrons. The van der Waals surface area contributed by atoms with E-state index in [9.17, 15) is 4.79 Å². The van der Waals surface area contributed by atoms with Gasteiger partial charge >= 0.3 is 0 Å². The third-order valence-electron chi connectivity index (χ3n) is 3.38. The van der Waals surface area contributed by atoms with E-state index in [-0.39, 0.29) is 17.4 Å². The predicted molar refractivity (Wildman–Crippen MR) is 78.0 cm³/mol. The van der Waals surface area contributed by atoms with Crippen molar-refractivity contribution in [3.05, 3.63) is 16.6 Å². The number of likely N-dealkylation sites (tertiary alicyclic amines) is 1. The molecule has 1 N–H and O–H groups in total. The van der Waals surface area contributed by atoms with Crippen molar-refractivity contribution in [2.45, 2.75) is 46.2 Å². The van der Waals surface area contributed by atoms with Crippen LogP contribution in [0, 0.1) is 5.41 Å². The van der Waals surface area contributed by atoms with E-state index in [1.54, 1.807) is 11.3 Å². The molecule has 4 nitrogen and oxygen atoms in total. The highest BCUT2D eigenvalue weighted by atomic mass is 32.1. The highest BCUT2D eigenvalue weighted by molar-refractivity contribution is 7.09. The van der Waals surface area contributed by atoms with E-state index in [0.29, 0.717) is 0 Å². The van der Waals surface area contributed by atoms with E-state index in [4.69, 9.17) is 0 Å². The maximum Gasteiger partial charge on any atom is 0.225 e. The normalized spacial score (nSPS) is 21.3. The Balaban J connectivity index is 1.85. The lowest BCUT2D eigenvalue weighted by atomic mass is 9.94. The Morgan fingerprint density at radius 2 is 2.37 bits per heavy atom. The summed E-state index contributed by atoms with van der Waals surface area (Å²) in [5.74, 6) is 0.150. The molecule has 1 atom stereocenters. The average molecular weight is 281 g/mol. The van der Waals surface area contributed by atoms with Crippen molar-refractivity contribution in [2.24, 2.45) is 5.41 Å². The summed E-state index contributed by atoms with van der Waals surface area (Å²) in [6.07, 6.45) is 4.16. The van der Waals surface area contributed by atoms with Crippen LogP contribution in [0.25, 0.3) is 0 Å². The molecule has 5 heteroatoms. The quantitative estimate of drug-likeness (QED) is 0.924. The maximum absolute atomic E-state index is 12.0. The van der Waals surface area contributed by atoms with E-state index in [0.717, 1.165) is 32.5 Å². The number of nitrogens with one attached hydrogen (secondary N) is 1. The molecular weight excluding hydrogens is 258 g/mol. The number of carbonyl (C=O) groups excluding carboxylic acids is 1. The molecule has 19 heavy (non-hydrogen) atoms. The van der Waals surface area contributed by atoms with Crippen molar-refractivity contribution in [1.29, 1.82) is 0 Å². The number of hydrogen-bond acceptors (Lipinski definition) is 4. The van der Waals surface area contributed by atoms with Crippen molar-refractivity contribution >= 4 is 17.2 Å². The van der Waals surface area contributed by atoms with Crippen molar-refractivity contribution in [3.8, 4) is 0 Å². The SMILES string of the molecule is CC(C)(C)C(=O)NC1CCCN(Cc2cncs2)C1. The molecule has 0 radical (unpaired) electrons. The third kappa shape index (κ3) is 4.28. The molecule has 1 saturated heterocycles. The van der Waals surface area contributed by atoms with E-state index in [1.807, 2.05) is 32.5 Å². The summed E-state index contributed by atoms with van der Waals surface area (Å²) in [6.45, 7) is 8.88. The largest absolute Gasteiger partial charge is 0.352 e. The van der Waals surface area contributed by atoms with E-state index < -0.39 is 0 Å². The molecule has 2 rings (SSSR count). The van der Waals surface area contributed by atoms with Gasteiger partial charge in [0.1, 0.15) is 0 Å². The summed E-state index contributed by atoms with van der Waals surface area (Å²) < 4.78 is 0. The number of aromatic nitrogens is 1. The number of carbonyl (C=O) groups is 1. The standard InChI is InChI=1S/C14H23N3OS/c1-14(2,3)13(18)16-11-5-4-6-17(8-11)9-12-7-15-10-19-12/h7,10-11H,4-6,8-9H2,1-3H3,(H,16,18). The van der Waals surface area contributed by atoms with Gasteiger partial charge in [-0.1, -0.05) is 20.8 Å². The Bertz CT molecular complexity index is 411. The number of hydrogen-bond donors (Lipinski definition) is 1. The fourth-order valence-corrected chi connectivity index (χ4v) is 2.90. The summed E-state index contributed by atoms with van der Waals surface area (Å²) in [7, 11) is 0. The molecule has 1 unspecified atom stereocenters. The van der Waals surface area contributed by atoms with Crippen LogP contribution >= 0.6 is 11.3 Å². The lowest BCUT2D eigenvalue weighted by Crippen LogP contribution is -2.50. The Morgan fingerprint density at radius 1 is 1.58 bits per heavy atom. The van der Waals surface area contributed by atoms with Gasteiger partial charge in [-0.05, 0) is 19.4 Å². The smallest absolute Gasteiger partial charge is 0.225 e. The van der Waals surface area contributed by atoms with E-state index in [2.05, 4.69) is 15.2 Å². The molecule has 0 saturated carbocycles. The number of rotatable bonds is 3. The first kappa shape index (κ1) is 14.5. The van der Waals surface area contributed by atoms with Crippen LogP contribution in [-0.2, 0) is 11.3 Å². The van der Waals surface area contributed by atoms with Crippen molar-refractivity contribution in [3.63, 3.8) is 0 Å². The summed E-state index contributed by atoms with van der Waals surface area (Å²) in [5, 5.41) is 3.18. The average Bonchev–Trinajstić information content (AvgIpc) is 2.81. The lowest BCUT2D eigenvalue weighted by molar-refractivity contribution is -0.129. The molecule has 0 spiro atoms. The summed E-state index contributed by atoms with van der Waals surface area (Å²) in [4.78, 5) is 19.8. The Morgan fingerprint density at radius 3 is 3.00 bits per heavy atom. The van der Waals surface area contributed by atoms with Gasteiger partial charge in [0, 0.05) is 35.6 Å². The number of amides is 1. The van der Waals surface area contributed by atoms with E-state index in [1.165, 1.54) is 4.88 Å². The lowest BCUT2D eigenvalue weighted by Gasteiger charge is -2.34. The van der Waals surface area contributed by atoms with Gasteiger partial charge in [0.15, 0.2) is 0 Å². The van der Waals surface area contributed by atoms with Crippen LogP contribution in [0.1, 0.15) is 38.5 Å². The van der Waals surface area contributed by atoms with Crippen LogP contribution in [0.15, 0.2) is 11.7 Å². The topological polar surface area (TPSA) is 45.2 Å². The van der Waals surface area contributed by atoms with Gasteiger partial charge in [-0.25, -0.2) is 0 Å². The Hall–Kier alpha value is -0.940. The van der Waals surface area contributed by atoms with Crippen molar-refractivity contribution in [1.82, 2.24) is 15.2 Å². The van der Waals surface area contributed by atoms with Crippen molar-refractivity contribution < 1.29 is 4.79 Å². The molecule has 1 aliphatic heterocycles. The second kappa shape index (κ2) is 6.01. The first-order valence-electron chi connectivity index (χ1n) is 6.86. The van der Waals surface area contributed by atoms with Crippen LogP contribution < -0.4 is 5.32 Å². The first-order chi connectivity index (χ1) is 8.95. The molecule has 1 aliphatic rings. The van der Waals surface area contributed by atoms with Crippen molar-refractivity contribution in [2.75, 3.05) is 13.1 Å². The molecular formula is C14H23N3OS. The van der Waals surface area contributed by atoms with Crippen LogP contribution in [0.3, 0.4) is 0 Å². The summed E-state index contributed by atoms with van der Waals surface area (Å²) in [6, 6.07) is 0.286. The molecule has 0 aliphatic carbocycles. The molecule has 1 amide bonds. The van der Waals surface area contributed by atoms with Crippen LogP contribution in [0.4, 0.5) is 0 Å². The molecule has 1 aromatic heterocycles. The maximum atomic E-state index is 12.0. The number of nitrogens with zero attached hydrogens (tertiary/aromatic N) is 2. The van der Waals surface area contributed by atoms with Gasteiger partial charge < -0.3 is 5.32 Å². The van der Waals surface area contributed by atoms with E-state index >= 15 is 0 Å². The fraction of sp³-hybridized carbons (Fsp3) is 0.714. The van der Waals surface area contributed by atoms with Crippen LogP contribution in [-0.4, -0.2) is 34.9 Å². The highest BCUT2D eigenvalue weighted by Crippen LogP contribution is 2.18.